The van der Waals surface area contributed by atoms with Crippen LogP contribution in [0.1, 0.15) is 42.9 Å². The molecule has 2 N–H and O–H groups in total. The molecule has 0 radical (unpaired) electrons. The third kappa shape index (κ3) is 3.05. The van der Waals surface area contributed by atoms with E-state index in [1.807, 2.05) is 13.0 Å². The first-order valence-corrected chi connectivity index (χ1v) is 6.33. The lowest BCUT2D eigenvalue weighted by Crippen LogP contribution is -2.33. The molecule has 17 heavy (non-hydrogen) atoms. The average Bonchev–Trinajstić information content (AvgIpc) is 2.82. The van der Waals surface area contributed by atoms with Crippen molar-refractivity contribution < 1.29 is 9.50 Å². The molecule has 1 aliphatic carbocycles. The van der Waals surface area contributed by atoms with Crippen LogP contribution in [0.15, 0.2) is 18.2 Å². The summed E-state index contributed by atoms with van der Waals surface area (Å²) in [5, 5.41) is 12.8. The van der Waals surface area contributed by atoms with Crippen molar-refractivity contribution in [1.82, 2.24) is 5.32 Å². The van der Waals surface area contributed by atoms with Crippen LogP contribution in [0.25, 0.3) is 0 Å². The Bertz CT molecular complexity index is 374. The summed E-state index contributed by atoms with van der Waals surface area (Å²) in [7, 11) is 0. The maximum atomic E-state index is 13.7. The van der Waals surface area contributed by atoms with Gasteiger partial charge in [-0.2, -0.15) is 0 Å². The van der Waals surface area contributed by atoms with E-state index in [0.717, 1.165) is 18.4 Å². The molecule has 94 valence electrons. The predicted octanol–water partition coefficient (Wildman–Crippen LogP) is 2.70. The first-order chi connectivity index (χ1) is 8.20. The number of aryl methyl sites for hydroxylation is 1. The van der Waals surface area contributed by atoms with Gasteiger partial charge in [0.25, 0.3) is 0 Å². The number of rotatable bonds is 4. The molecular weight excluding hydrogens is 217 g/mol. The molecular formula is C14H20FNO. The summed E-state index contributed by atoms with van der Waals surface area (Å²) in [5.74, 6) is -0.236. The van der Waals surface area contributed by atoms with E-state index in [4.69, 9.17) is 0 Å². The van der Waals surface area contributed by atoms with Gasteiger partial charge in [0.2, 0.25) is 0 Å². The lowest BCUT2D eigenvalue weighted by molar-refractivity contribution is 0.230. The summed E-state index contributed by atoms with van der Waals surface area (Å²) in [4.78, 5) is 0. The number of halogens is 1. The molecule has 0 spiro atoms. The quantitative estimate of drug-likeness (QED) is 0.844. The summed E-state index contributed by atoms with van der Waals surface area (Å²) in [6.07, 6.45) is 4.71. The fourth-order valence-electron chi connectivity index (χ4n) is 2.55. The van der Waals surface area contributed by atoms with Crippen molar-refractivity contribution in [3.63, 3.8) is 0 Å². The van der Waals surface area contributed by atoms with Crippen LogP contribution in [0.5, 0.6) is 0 Å². The van der Waals surface area contributed by atoms with Crippen molar-refractivity contribution >= 4 is 0 Å². The van der Waals surface area contributed by atoms with Gasteiger partial charge in [-0.3, -0.25) is 0 Å². The number of nitrogens with one attached hydrogen (secondary N) is 1. The fourth-order valence-corrected chi connectivity index (χ4v) is 2.55. The third-order valence-electron chi connectivity index (χ3n) is 3.50. The molecule has 0 aliphatic heterocycles. The summed E-state index contributed by atoms with van der Waals surface area (Å²) < 4.78 is 13.7. The fraction of sp³-hybridized carbons (Fsp3) is 0.571. The Kier molecular flexibility index (Phi) is 4.13. The molecule has 1 unspecified atom stereocenters. The van der Waals surface area contributed by atoms with Crippen LogP contribution in [-0.4, -0.2) is 17.8 Å². The SMILES string of the molecule is Cc1ccc(F)c(C(CO)NC2CCCC2)c1. The highest BCUT2D eigenvalue weighted by Gasteiger charge is 2.21. The van der Waals surface area contributed by atoms with Crippen molar-refractivity contribution in [2.24, 2.45) is 0 Å². The van der Waals surface area contributed by atoms with E-state index in [-0.39, 0.29) is 18.5 Å². The monoisotopic (exact) mass is 237 g/mol. The van der Waals surface area contributed by atoms with E-state index in [9.17, 15) is 9.50 Å². The molecule has 1 atom stereocenters. The standard InChI is InChI=1S/C14H20FNO/c1-10-6-7-13(15)12(8-10)14(9-17)16-11-4-2-3-5-11/h6-8,11,14,16-17H,2-5,9H2,1H3. The zero-order valence-electron chi connectivity index (χ0n) is 10.2. The first-order valence-electron chi connectivity index (χ1n) is 6.33. The highest BCUT2D eigenvalue weighted by molar-refractivity contribution is 5.27. The van der Waals surface area contributed by atoms with Crippen molar-refractivity contribution in [2.75, 3.05) is 6.61 Å². The highest BCUT2D eigenvalue weighted by atomic mass is 19.1. The predicted molar refractivity (Wildman–Crippen MR) is 66.4 cm³/mol. The molecule has 1 aromatic rings. The molecule has 1 fully saturated rings. The van der Waals surface area contributed by atoms with Crippen LogP contribution in [0.2, 0.25) is 0 Å². The minimum absolute atomic E-state index is 0.0587. The zero-order chi connectivity index (χ0) is 12.3. The molecule has 0 saturated heterocycles. The van der Waals surface area contributed by atoms with Crippen LogP contribution in [-0.2, 0) is 0 Å². The van der Waals surface area contributed by atoms with Crippen LogP contribution >= 0.6 is 0 Å². The third-order valence-corrected chi connectivity index (χ3v) is 3.50. The number of benzene rings is 1. The molecule has 2 rings (SSSR count). The van der Waals surface area contributed by atoms with Gasteiger partial charge in [-0.05, 0) is 25.8 Å². The van der Waals surface area contributed by atoms with Gasteiger partial charge < -0.3 is 10.4 Å². The van der Waals surface area contributed by atoms with Crippen molar-refractivity contribution in [2.45, 2.75) is 44.7 Å². The zero-order valence-corrected chi connectivity index (χ0v) is 10.2. The van der Waals surface area contributed by atoms with E-state index in [0.29, 0.717) is 11.6 Å². The number of aliphatic hydroxyl groups excluding tert-OH is 1. The lowest BCUT2D eigenvalue weighted by atomic mass is 10.0. The molecule has 0 amide bonds. The number of hydrogen-bond acceptors (Lipinski definition) is 2. The van der Waals surface area contributed by atoms with Crippen LogP contribution < -0.4 is 5.32 Å². The highest BCUT2D eigenvalue weighted by Crippen LogP contribution is 2.24. The van der Waals surface area contributed by atoms with Crippen LogP contribution in [0.3, 0.4) is 0 Å². The Morgan fingerprint density at radius 1 is 1.41 bits per heavy atom. The molecule has 0 aromatic heterocycles. The van der Waals surface area contributed by atoms with Gasteiger partial charge in [0.15, 0.2) is 0 Å². The van der Waals surface area contributed by atoms with Crippen molar-refractivity contribution in [3.8, 4) is 0 Å². The molecule has 1 aliphatic rings. The summed E-state index contributed by atoms with van der Waals surface area (Å²) in [5.41, 5.74) is 1.60. The van der Waals surface area contributed by atoms with Gasteiger partial charge in [-0.15, -0.1) is 0 Å². The molecule has 0 heterocycles. The van der Waals surface area contributed by atoms with Crippen molar-refractivity contribution in [3.05, 3.63) is 35.1 Å². The van der Waals surface area contributed by atoms with Gasteiger partial charge >= 0.3 is 0 Å². The first kappa shape index (κ1) is 12.5. The maximum Gasteiger partial charge on any atom is 0.128 e. The second-order valence-corrected chi connectivity index (χ2v) is 4.91. The Labute approximate surface area is 102 Å². The molecule has 1 saturated carbocycles. The molecule has 1 aromatic carbocycles. The van der Waals surface area contributed by atoms with E-state index in [1.54, 1.807) is 6.07 Å². The normalized spacial score (nSPS) is 18.5. The Morgan fingerprint density at radius 2 is 2.12 bits per heavy atom. The van der Waals surface area contributed by atoms with Crippen molar-refractivity contribution in [1.29, 1.82) is 0 Å². The topological polar surface area (TPSA) is 32.3 Å². The number of aliphatic hydroxyl groups is 1. The molecule has 2 nitrogen and oxygen atoms in total. The smallest absolute Gasteiger partial charge is 0.128 e. The van der Waals surface area contributed by atoms with Gasteiger partial charge in [0, 0.05) is 11.6 Å². The average molecular weight is 237 g/mol. The molecule has 3 heteroatoms. The second kappa shape index (κ2) is 5.61. The minimum atomic E-state index is -0.280. The Balaban J connectivity index is 2.13. The number of hydrogen-bond donors (Lipinski definition) is 2. The minimum Gasteiger partial charge on any atom is -0.394 e. The lowest BCUT2D eigenvalue weighted by Gasteiger charge is -2.22. The van der Waals surface area contributed by atoms with E-state index in [1.165, 1.54) is 18.9 Å². The Hall–Kier alpha value is -0.930. The van der Waals surface area contributed by atoms with Gasteiger partial charge in [0.1, 0.15) is 5.82 Å². The van der Waals surface area contributed by atoms with Gasteiger partial charge in [-0.25, -0.2) is 4.39 Å². The van der Waals surface area contributed by atoms with Crippen LogP contribution in [0, 0.1) is 12.7 Å². The second-order valence-electron chi connectivity index (χ2n) is 4.91. The van der Waals surface area contributed by atoms with E-state index in [2.05, 4.69) is 5.32 Å². The largest absolute Gasteiger partial charge is 0.394 e. The van der Waals surface area contributed by atoms with Gasteiger partial charge in [0.05, 0.1) is 12.6 Å². The summed E-state index contributed by atoms with van der Waals surface area (Å²) >= 11 is 0. The van der Waals surface area contributed by atoms with E-state index < -0.39 is 0 Å². The summed E-state index contributed by atoms with van der Waals surface area (Å²) in [6.45, 7) is 1.88. The summed E-state index contributed by atoms with van der Waals surface area (Å²) in [6, 6.07) is 5.19. The molecule has 0 bridgehead atoms. The Morgan fingerprint density at radius 3 is 2.76 bits per heavy atom. The van der Waals surface area contributed by atoms with E-state index >= 15 is 0 Å². The van der Waals surface area contributed by atoms with Gasteiger partial charge in [-0.1, -0.05) is 30.5 Å². The maximum absolute atomic E-state index is 13.7. The van der Waals surface area contributed by atoms with Crippen LogP contribution in [0.4, 0.5) is 4.39 Å².